The van der Waals surface area contributed by atoms with Crippen LogP contribution in [0.25, 0.3) is 11.0 Å². The molecule has 0 N–H and O–H groups in total. The zero-order chi connectivity index (χ0) is 17.6. The third kappa shape index (κ3) is 2.73. The maximum absolute atomic E-state index is 12.8. The Balaban J connectivity index is 1.60. The Morgan fingerprint density at radius 2 is 2.04 bits per heavy atom. The molecule has 6 nitrogen and oxygen atoms in total. The van der Waals surface area contributed by atoms with E-state index in [2.05, 4.69) is 5.10 Å². The molecule has 0 spiro atoms. The molecule has 6 heteroatoms. The van der Waals surface area contributed by atoms with Gasteiger partial charge in [-0.2, -0.15) is 5.10 Å². The van der Waals surface area contributed by atoms with Gasteiger partial charge in [0, 0.05) is 24.8 Å². The molecule has 1 aliphatic rings. The van der Waals surface area contributed by atoms with E-state index in [0.717, 1.165) is 17.8 Å². The van der Waals surface area contributed by atoms with Gasteiger partial charge in [0.1, 0.15) is 5.58 Å². The van der Waals surface area contributed by atoms with Crippen molar-refractivity contribution in [2.24, 2.45) is 0 Å². The highest BCUT2D eigenvalue weighted by Gasteiger charge is 2.30. The van der Waals surface area contributed by atoms with E-state index in [-0.39, 0.29) is 23.1 Å². The molecule has 4 rings (SSSR count). The van der Waals surface area contributed by atoms with E-state index >= 15 is 0 Å². The molecule has 25 heavy (non-hydrogen) atoms. The van der Waals surface area contributed by atoms with Crippen molar-refractivity contribution in [1.29, 1.82) is 0 Å². The molecule has 2 aromatic heterocycles. The van der Waals surface area contributed by atoms with Gasteiger partial charge in [-0.05, 0) is 38.5 Å². The van der Waals surface area contributed by atoms with Crippen LogP contribution >= 0.6 is 0 Å². The lowest BCUT2D eigenvalue weighted by atomic mass is 10.2. The van der Waals surface area contributed by atoms with E-state index in [0.29, 0.717) is 24.1 Å². The van der Waals surface area contributed by atoms with Crippen LogP contribution < -0.4 is 5.43 Å². The van der Waals surface area contributed by atoms with E-state index in [4.69, 9.17) is 4.42 Å². The molecule has 1 fully saturated rings. The summed E-state index contributed by atoms with van der Waals surface area (Å²) in [4.78, 5) is 26.7. The van der Waals surface area contributed by atoms with Crippen LogP contribution in [0.1, 0.15) is 34.4 Å². The molecule has 0 saturated carbocycles. The highest BCUT2D eigenvalue weighted by atomic mass is 16.3. The highest BCUT2D eigenvalue weighted by molar-refractivity contribution is 5.93. The molecule has 0 unspecified atom stereocenters. The van der Waals surface area contributed by atoms with Gasteiger partial charge in [-0.1, -0.05) is 12.1 Å². The van der Waals surface area contributed by atoms with Crippen molar-refractivity contribution in [3.8, 4) is 0 Å². The summed E-state index contributed by atoms with van der Waals surface area (Å²) < 4.78 is 7.66. The average molecular weight is 337 g/mol. The van der Waals surface area contributed by atoms with E-state index in [1.807, 2.05) is 24.6 Å². The number of para-hydroxylation sites is 1. The van der Waals surface area contributed by atoms with Gasteiger partial charge in [-0.25, -0.2) is 0 Å². The molecular weight excluding hydrogens is 318 g/mol. The Morgan fingerprint density at radius 1 is 1.24 bits per heavy atom. The first-order valence-electron chi connectivity index (χ1n) is 8.38. The van der Waals surface area contributed by atoms with E-state index < -0.39 is 0 Å². The molecule has 0 radical (unpaired) electrons. The van der Waals surface area contributed by atoms with Crippen molar-refractivity contribution in [2.75, 3.05) is 13.1 Å². The predicted molar refractivity (Wildman–Crippen MR) is 93.7 cm³/mol. The SMILES string of the molecule is Cc1cc(C)n([C@H]2CCN(C(=O)c3cc(=O)c4ccccc4o3)C2)n1. The zero-order valence-electron chi connectivity index (χ0n) is 14.2. The topological polar surface area (TPSA) is 68.3 Å². The van der Waals surface area contributed by atoms with Crippen LogP contribution in [0.4, 0.5) is 0 Å². The number of likely N-dealkylation sites (tertiary alicyclic amines) is 1. The second kappa shape index (κ2) is 5.88. The van der Waals surface area contributed by atoms with Gasteiger partial charge < -0.3 is 9.32 Å². The summed E-state index contributed by atoms with van der Waals surface area (Å²) in [5, 5.41) is 5.01. The average Bonchev–Trinajstić information content (AvgIpc) is 3.20. The number of amides is 1. The summed E-state index contributed by atoms with van der Waals surface area (Å²) in [5.74, 6) is -0.149. The Labute approximate surface area is 144 Å². The van der Waals surface area contributed by atoms with Gasteiger partial charge in [0.25, 0.3) is 5.91 Å². The smallest absolute Gasteiger partial charge is 0.289 e. The first-order valence-corrected chi connectivity index (χ1v) is 8.38. The lowest BCUT2D eigenvalue weighted by Crippen LogP contribution is -2.30. The monoisotopic (exact) mass is 337 g/mol. The van der Waals surface area contributed by atoms with E-state index in [1.165, 1.54) is 6.07 Å². The third-order valence-corrected chi connectivity index (χ3v) is 4.69. The van der Waals surface area contributed by atoms with Crippen LogP contribution in [-0.4, -0.2) is 33.7 Å². The normalized spacial score (nSPS) is 17.4. The molecule has 1 aliphatic heterocycles. The molecule has 0 bridgehead atoms. The summed E-state index contributed by atoms with van der Waals surface area (Å²) in [6.45, 7) is 5.17. The summed E-state index contributed by atoms with van der Waals surface area (Å²) in [5.41, 5.74) is 2.31. The number of carbonyl (C=O) groups is 1. The second-order valence-electron chi connectivity index (χ2n) is 6.54. The largest absolute Gasteiger partial charge is 0.451 e. The number of rotatable bonds is 2. The van der Waals surface area contributed by atoms with E-state index in [1.54, 1.807) is 29.2 Å². The number of hydrogen-bond acceptors (Lipinski definition) is 4. The minimum atomic E-state index is -0.244. The highest BCUT2D eigenvalue weighted by Crippen LogP contribution is 2.25. The quantitative estimate of drug-likeness (QED) is 0.721. The van der Waals surface area contributed by atoms with Crippen LogP contribution in [-0.2, 0) is 0 Å². The zero-order valence-corrected chi connectivity index (χ0v) is 14.2. The van der Waals surface area contributed by atoms with Crippen LogP contribution in [0.15, 0.2) is 45.6 Å². The second-order valence-corrected chi connectivity index (χ2v) is 6.54. The van der Waals surface area contributed by atoms with Crippen LogP contribution in [0.3, 0.4) is 0 Å². The molecule has 1 saturated heterocycles. The van der Waals surface area contributed by atoms with Gasteiger partial charge >= 0.3 is 0 Å². The van der Waals surface area contributed by atoms with Gasteiger partial charge in [-0.15, -0.1) is 0 Å². The van der Waals surface area contributed by atoms with Crippen LogP contribution in [0.5, 0.6) is 0 Å². The van der Waals surface area contributed by atoms with Gasteiger partial charge in [0.15, 0.2) is 11.2 Å². The summed E-state index contributed by atoms with van der Waals surface area (Å²) in [6.07, 6.45) is 0.839. The van der Waals surface area contributed by atoms with Crippen molar-refractivity contribution in [3.05, 3.63) is 63.8 Å². The standard InChI is InChI=1S/C19H19N3O3/c1-12-9-13(2)22(20-12)14-7-8-21(11-14)19(24)18-10-16(23)15-5-3-4-6-17(15)25-18/h3-6,9-10,14H,7-8,11H2,1-2H3/t14-/m0/s1. The number of aryl methyl sites for hydroxylation is 2. The Bertz CT molecular complexity index is 1020. The maximum atomic E-state index is 12.8. The molecule has 128 valence electrons. The lowest BCUT2D eigenvalue weighted by Gasteiger charge is -2.17. The molecule has 3 aromatic rings. The first-order chi connectivity index (χ1) is 12.0. The van der Waals surface area contributed by atoms with Crippen LogP contribution in [0.2, 0.25) is 0 Å². The number of aromatic nitrogens is 2. The third-order valence-electron chi connectivity index (χ3n) is 4.69. The van der Waals surface area contributed by atoms with Gasteiger partial charge in [0.05, 0.1) is 17.1 Å². The summed E-state index contributed by atoms with van der Waals surface area (Å²) in [6, 6.07) is 10.5. The van der Waals surface area contributed by atoms with Crippen molar-refractivity contribution in [1.82, 2.24) is 14.7 Å². The molecule has 0 aliphatic carbocycles. The van der Waals surface area contributed by atoms with Crippen LogP contribution in [0, 0.1) is 13.8 Å². The van der Waals surface area contributed by atoms with Gasteiger partial charge in [0.2, 0.25) is 0 Å². The minimum absolute atomic E-state index is 0.0951. The van der Waals surface area contributed by atoms with Crippen molar-refractivity contribution in [3.63, 3.8) is 0 Å². The van der Waals surface area contributed by atoms with Crippen molar-refractivity contribution >= 4 is 16.9 Å². The number of fused-ring (bicyclic) bond motifs is 1. The van der Waals surface area contributed by atoms with E-state index in [9.17, 15) is 9.59 Å². The summed E-state index contributed by atoms with van der Waals surface area (Å²) in [7, 11) is 0. The summed E-state index contributed by atoms with van der Waals surface area (Å²) >= 11 is 0. The molecule has 3 heterocycles. The predicted octanol–water partition coefficient (Wildman–Crippen LogP) is 2.69. The number of hydrogen-bond donors (Lipinski definition) is 0. The fourth-order valence-corrected chi connectivity index (χ4v) is 3.51. The molecule has 1 amide bonds. The molecule has 1 aromatic carbocycles. The molecule has 1 atom stereocenters. The number of nitrogens with zero attached hydrogens (tertiary/aromatic N) is 3. The maximum Gasteiger partial charge on any atom is 0.289 e. The van der Waals surface area contributed by atoms with Crippen molar-refractivity contribution < 1.29 is 9.21 Å². The Hall–Kier alpha value is -2.89. The fourth-order valence-electron chi connectivity index (χ4n) is 3.51. The molecular formula is C19H19N3O3. The minimum Gasteiger partial charge on any atom is -0.451 e. The lowest BCUT2D eigenvalue weighted by molar-refractivity contribution is 0.0756. The Kier molecular flexibility index (Phi) is 3.67. The first kappa shape index (κ1) is 15.6. The Morgan fingerprint density at radius 3 is 2.80 bits per heavy atom. The van der Waals surface area contributed by atoms with Gasteiger partial charge in [-0.3, -0.25) is 14.3 Å². The number of benzene rings is 1. The van der Waals surface area contributed by atoms with Crippen molar-refractivity contribution in [2.45, 2.75) is 26.3 Å². The number of carbonyl (C=O) groups excluding carboxylic acids is 1. The fraction of sp³-hybridized carbons (Fsp3) is 0.316.